The number of Topliss-reactive ketones (excluding diaryl/α,β-unsaturated/α-hetero) is 1. The van der Waals surface area contributed by atoms with Gasteiger partial charge >= 0.3 is 0 Å². The molecule has 0 amide bonds. The highest BCUT2D eigenvalue weighted by Gasteiger charge is 2.18. The van der Waals surface area contributed by atoms with Crippen LogP contribution < -0.4 is 0 Å². The largest absolute Gasteiger partial charge is 0.394 e. The summed E-state index contributed by atoms with van der Waals surface area (Å²) >= 11 is 0. The molecule has 1 aromatic rings. The lowest BCUT2D eigenvalue weighted by Gasteiger charge is -2.17. The lowest BCUT2D eigenvalue weighted by Crippen LogP contribution is -2.22. The van der Waals surface area contributed by atoms with Crippen LogP contribution in [-0.4, -0.2) is 33.8 Å². The maximum absolute atomic E-state index is 11.2. The van der Waals surface area contributed by atoms with E-state index in [0.717, 1.165) is 5.56 Å². The Morgan fingerprint density at radius 1 is 1.38 bits per heavy atom. The molecule has 2 atom stereocenters. The summed E-state index contributed by atoms with van der Waals surface area (Å²) in [5.74, 6) is -0.0405. The van der Waals surface area contributed by atoms with Crippen LogP contribution in [0.15, 0.2) is 18.2 Å². The Bertz CT molecular complexity index is 387. The smallest absolute Gasteiger partial charge is 0.160 e. The number of aryl methyl sites for hydroxylation is 1. The Kier molecular flexibility index (Phi) is 4.18. The van der Waals surface area contributed by atoms with Gasteiger partial charge in [-0.3, -0.25) is 4.79 Å². The first kappa shape index (κ1) is 12.8. The normalized spacial score (nSPS) is 14.6. The molecule has 0 fully saturated rings. The van der Waals surface area contributed by atoms with Crippen molar-refractivity contribution in [2.24, 2.45) is 0 Å². The van der Waals surface area contributed by atoms with Crippen LogP contribution in [0.5, 0.6) is 0 Å². The van der Waals surface area contributed by atoms with Gasteiger partial charge in [-0.25, -0.2) is 0 Å². The highest BCUT2D eigenvalue weighted by Crippen LogP contribution is 2.20. The summed E-state index contributed by atoms with van der Waals surface area (Å²) in [6.45, 7) is 2.73. The fourth-order valence-corrected chi connectivity index (χ4v) is 1.59. The Morgan fingerprint density at radius 3 is 2.44 bits per heavy atom. The predicted molar refractivity (Wildman–Crippen MR) is 59.2 cm³/mol. The highest BCUT2D eigenvalue weighted by atomic mass is 16.4. The number of ketones is 1. The minimum Gasteiger partial charge on any atom is -0.394 e. The van der Waals surface area contributed by atoms with Gasteiger partial charge in [0.25, 0.3) is 0 Å². The van der Waals surface area contributed by atoms with E-state index >= 15 is 0 Å². The second kappa shape index (κ2) is 5.21. The zero-order chi connectivity index (χ0) is 12.3. The van der Waals surface area contributed by atoms with Crippen molar-refractivity contribution in [1.29, 1.82) is 0 Å². The number of carbonyl (C=O) groups is 1. The van der Waals surface area contributed by atoms with Crippen LogP contribution in [0.25, 0.3) is 0 Å². The molecule has 0 spiro atoms. The van der Waals surface area contributed by atoms with Crippen molar-refractivity contribution in [2.45, 2.75) is 26.1 Å². The molecule has 2 unspecified atom stereocenters. The van der Waals surface area contributed by atoms with Gasteiger partial charge in [-0.2, -0.15) is 0 Å². The summed E-state index contributed by atoms with van der Waals surface area (Å²) < 4.78 is 0. The minimum absolute atomic E-state index is 0.0405. The summed E-state index contributed by atoms with van der Waals surface area (Å²) in [7, 11) is 0. The number of aliphatic hydroxyl groups excluding tert-OH is 3. The maximum atomic E-state index is 11.2. The third kappa shape index (κ3) is 2.66. The molecule has 0 aliphatic carbocycles. The van der Waals surface area contributed by atoms with Crippen molar-refractivity contribution in [3.8, 4) is 0 Å². The number of aliphatic hydroxyl groups is 3. The lowest BCUT2D eigenvalue weighted by atomic mass is 9.98. The van der Waals surface area contributed by atoms with E-state index in [4.69, 9.17) is 5.11 Å². The molecule has 1 rings (SSSR count). The average Bonchev–Trinajstić information content (AvgIpc) is 2.26. The molecule has 0 saturated heterocycles. The van der Waals surface area contributed by atoms with Gasteiger partial charge in [0.05, 0.1) is 6.61 Å². The number of rotatable bonds is 4. The summed E-state index contributed by atoms with van der Waals surface area (Å²) in [5, 5.41) is 27.6. The van der Waals surface area contributed by atoms with Crippen LogP contribution in [0.2, 0.25) is 0 Å². The van der Waals surface area contributed by atoms with Gasteiger partial charge < -0.3 is 15.3 Å². The Hall–Kier alpha value is -1.23. The molecule has 16 heavy (non-hydrogen) atoms. The van der Waals surface area contributed by atoms with Gasteiger partial charge in [0.15, 0.2) is 5.78 Å². The first-order valence-corrected chi connectivity index (χ1v) is 5.06. The standard InChI is InChI=1S/C12H16O4/c1-7-5-9(12(16)11(15)6-13)3-4-10(7)8(2)14/h3-5,11-13,15-16H,6H2,1-2H3. The quantitative estimate of drug-likeness (QED) is 0.654. The summed E-state index contributed by atoms with van der Waals surface area (Å²) in [4.78, 5) is 11.2. The Balaban J connectivity index is 3.01. The first-order chi connectivity index (χ1) is 7.47. The number of benzene rings is 1. The highest BCUT2D eigenvalue weighted by molar-refractivity contribution is 5.95. The third-order valence-electron chi connectivity index (χ3n) is 2.52. The molecule has 0 aliphatic rings. The molecule has 0 aliphatic heterocycles. The lowest BCUT2D eigenvalue weighted by molar-refractivity contribution is -0.0152. The van der Waals surface area contributed by atoms with Crippen molar-refractivity contribution in [3.05, 3.63) is 34.9 Å². The molecule has 4 nitrogen and oxygen atoms in total. The van der Waals surface area contributed by atoms with Gasteiger partial charge in [0, 0.05) is 5.56 Å². The average molecular weight is 224 g/mol. The molecule has 0 aromatic heterocycles. The predicted octanol–water partition coefficient (Wildman–Crippen LogP) is 0.584. The van der Waals surface area contributed by atoms with Crippen LogP contribution in [0, 0.1) is 6.92 Å². The Morgan fingerprint density at radius 2 is 2.00 bits per heavy atom. The van der Waals surface area contributed by atoms with Crippen molar-refractivity contribution in [1.82, 2.24) is 0 Å². The Labute approximate surface area is 94.2 Å². The van der Waals surface area contributed by atoms with E-state index in [0.29, 0.717) is 11.1 Å². The molecule has 1 aromatic carbocycles. The van der Waals surface area contributed by atoms with Crippen LogP contribution >= 0.6 is 0 Å². The summed E-state index contributed by atoms with van der Waals surface area (Å²) in [6, 6.07) is 4.83. The number of hydrogen-bond donors (Lipinski definition) is 3. The molecular formula is C12H16O4. The fourth-order valence-electron chi connectivity index (χ4n) is 1.59. The minimum atomic E-state index is -1.21. The molecule has 0 saturated carbocycles. The van der Waals surface area contributed by atoms with Crippen LogP contribution in [0.1, 0.15) is 34.5 Å². The van der Waals surface area contributed by atoms with Crippen LogP contribution in [0.3, 0.4) is 0 Å². The molecular weight excluding hydrogens is 208 g/mol. The monoisotopic (exact) mass is 224 g/mol. The zero-order valence-electron chi connectivity index (χ0n) is 9.34. The molecule has 88 valence electrons. The van der Waals surface area contributed by atoms with E-state index in [9.17, 15) is 15.0 Å². The second-order valence-corrected chi connectivity index (χ2v) is 3.83. The van der Waals surface area contributed by atoms with E-state index in [-0.39, 0.29) is 5.78 Å². The number of hydrogen-bond acceptors (Lipinski definition) is 4. The van der Waals surface area contributed by atoms with Crippen molar-refractivity contribution < 1.29 is 20.1 Å². The number of carbonyl (C=O) groups excluding carboxylic acids is 1. The zero-order valence-corrected chi connectivity index (χ0v) is 9.34. The maximum Gasteiger partial charge on any atom is 0.160 e. The van der Waals surface area contributed by atoms with Gasteiger partial charge in [-0.15, -0.1) is 0 Å². The van der Waals surface area contributed by atoms with Gasteiger partial charge in [-0.05, 0) is 25.0 Å². The molecule has 0 bridgehead atoms. The van der Waals surface area contributed by atoms with Gasteiger partial charge in [0.2, 0.25) is 0 Å². The van der Waals surface area contributed by atoms with Crippen LogP contribution in [-0.2, 0) is 0 Å². The van der Waals surface area contributed by atoms with Gasteiger partial charge in [0.1, 0.15) is 12.2 Å². The molecule has 0 heterocycles. The topological polar surface area (TPSA) is 77.8 Å². The molecule has 0 radical (unpaired) electrons. The third-order valence-corrected chi connectivity index (χ3v) is 2.52. The fraction of sp³-hybridized carbons (Fsp3) is 0.417. The SMILES string of the molecule is CC(=O)c1ccc(C(O)C(O)CO)cc1C. The van der Waals surface area contributed by atoms with Crippen molar-refractivity contribution in [2.75, 3.05) is 6.61 Å². The van der Waals surface area contributed by atoms with Crippen molar-refractivity contribution >= 4 is 5.78 Å². The van der Waals surface area contributed by atoms with E-state index in [1.165, 1.54) is 6.92 Å². The van der Waals surface area contributed by atoms with E-state index < -0.39 is 18.8 Å². The van der Waals surface area contributed by atoms with Gasteiger partial charge in [-0.1, -0.05) is 18.2 Å². The van der Waals surface area contributed by atoms with E-state index in [1.54, 1.807) is 25.1 Å². The van der Waals surface area contributed by atoms with Crippen LogP contribution in [0.4, 0.5) is 0 Å². The van der Waals surface area contributed by atoms with E-state index in [2.05, 4.69) is 0 Å². The second-order valence-electron chi connectivity index (χ2n) is 3.83. The first-order valence-electron chi connectivity index (χ1n) is 5.06. The van der Waals surface area contributed by atoms with Crippen molar-refractivity contribution in [3.63, 3.8) is 0 Å². The van der Waals surface area contributed by atoms with E-state index in [1.807, 2.05) is 0 Å². The molecule has 3 N–H and O–H groups in total. The summed E-state index contributed by atoms with van der Waals surface area (Å²) in [5.41, 5.74) is 1.83. The molecule has 4 heteroatoms. The summed E-state index contributed by atoms with van der Waals surface area (Å²) in [6.07, 6.45) is -2.34.